The third-order valence-corrected chi connectivity index (χ3v) is 8.12. The molecule has 0 bridgehead atoms. The van der Waals surface area contributed by atoms with E-state index in [4.69, 9.17) is 18.9 Å². The van der Waals surface area contributed by atoms with Crippen LogP contribution >= 0.6 is 0 Å². The van der Waals surface area contributed by atoms with E-state index in [2.05, 4.69) is 10.2 Å². The predicted molar refractivity (Wildman–Crippen MR) is 146 cm³/mol. The molecule has 1 N–H and O–H groups in total. The molecule has 230 valence electrons. The Morgan fingerprint density at radius 1 is 1.02 bits per heavy atom. The number of nitrogens with one attached hydrogen (secondary N) is 1. The lowest BCUT2D eigenvalue weighted by Gasteiger charge is -2.43. The number of hydrogen-bond acceptors (Lipinski definition) is 6. The largest absolute Gasteiger partial charge is 0.416 e. The SMILES string of the molecule is CC1(C)O[C@H]2[C@H](OCc3ccc(F)cc3)C[C@](OCc3cccc(C(F)(F)F)c3)(C(=O)NCCN3CCCC3)C[C@H]2O1. The molecule has 2 aromatic carbocycles. The number of rotatable bonds is 10. The number of fused-ring (bicyclic) bond motifs is 1. The fourth-order valence-electron chi connectivity index (χ4n) is 6.05. The fourth-order valence-corrected chi connectivity index (χ4v) is 6.05. The Bertz CT molecular complexity index is 1220. The van der Waals surface area contributed by atoms with Gasteiger partial charge in [0.15, 0.2) is 11.4 Å². The second-order valence-electron chi connectivity index (χ2n) is 11.8. The molecular weight excluding hydrogens is 556 g/mol. The summed E-state index contributed by atoms with van der Waals surface area (Å²) in [7, 11) is 0. The summed E-state index contributed by atoms with van der Waals surface area (Å²) in [5.41, 5.74) is -1.20. The van der Waals surface area contributed by atoms with Crippen molar-refractivity contribution in [3.63, 3.8) is 0 Å². The summed E-state index contributed by atoms with van der Waals surface area (Å²) in [5, 5.41) is 3.01. The molecule has 2 heterocycles. The highest BCUT2D eigenvalue weighted by atomic mass is 19.4. The molecule has 42 heavy (non-hydrogen) atoms. The third-order valence-electron chi connectivity index (χ3n) is 8.12. The van der Waals surface area contributed by atoms with Gasteiger partial charge in [-0.3, -0.25) is 4.79 Å². The number of halogens is 4. The molecule has 1 amide bonds. The minimum Gasteiger partial charge on any atom is -0.371 e. The molecule has 2 aromatic rings. The van der Waals surface area contributed by atoms with Gasteiger partial charge in [0.1, 0.15) is 11.9 Å². The second kappa shape index (κ2) is 12.6. The lowest BCUT2D eigenvalue weighted by atomic mass is 9.78. The van der Waals surface area contributed by atoms with Crippen molar-refractivity contribution in [1.82, 2.24) is 10.2 Å². The van der Waals surface area contributed by atoms with Gasteiger partial charge in [-0.1, -0.05) is 24.3 Å². The van der Waals surface area contributed by atoms with Gasteiger partial charge < -0.3 is 29.2 Å². The molecule has 4 atom stereocenters. The number of carbonyl (C=O) groups excluding carboxylic acids is 1. The summed E-state index contributed by atoms with van der Waals surface area (Å²) in [6, 6.07) is 10.8. The van der Waals surface area contributed by atoms with Crippen LogP contribution in [0.3, 0.4) is 0 Å². The number of alkyl halides is 3. The van der Waals surface area contributed by atoms with Crippen LogP contribution in [-0.2, 0) is 43.1 Å². The first-order valence-corrected chi connectivity index (χ1v) is 14.4. The van der Waals surface area contributed by atoms with Crippen molar-refractivity contribution >= 4 is 5.91 Å². The van der Waals surface area contributed by atoms with Gasteiger partial charge in [0.05, 0.1) is 31.0 Å². The number of amides is 1. The lowest BCUT2D eigenvalue weighted by Crippen LogP contribution is -2.60. The van der Waals surface area contributed by atoms with E-state index in [9.17, 15) is 22.4 Å². The number of nitrogens with zero attached hydrogens (tertiary/aromatic N) is 1. The van der Waals surface area contributed by atoms with Crippen LogP contribution < -0.4 is 5.32 Å². The van der Waals surface area contributed by atoms with Crippen LogP contribution in [-0.4, -0.2) is 66.7 Å². The first kappa shape index (κ1) is 30.9. The molecule has 3 fully saturated rings. The Labute approximate surface area is 243 Å². The van der Waals surface area contributed by atoms with Gasteiger partial charge in [-0.15, -0.1) is 0 Å². The number of benzene rings is 2. The number of ether oxygens (including phenoxy) is 4. The molecule has 0 unspecified atom stereocenters. The zero-order valence-corrected chi connectivity index (χ0v) is 23.9. The standard InChI is InChI=1S/C31H38F4N2O5/c1-29(2)41-26-18-30(28(38)36-12-15-37-13-3-4-14-37,40-20-22-6-5-7-23(16-22)31(33,34)35)17-25(27(26)42-29)39-19-21-8-10-24(32)11-9-21/h5-11,16,25-27H,3-4,12-15,17-20H2,1-2H3,(H,36,38)/t25-,26-,27+,30-/m1/s1. The quantitative estimate of drug-likeness (QED) is 0.381. The van der Waals surface area contributed by atoms with E-state index in [0.29, 0.717) is 18.7 Å². The summed E-state index contributed by atoms with van der Waals surface area (Å²) < 4.78 is 78.5. The number of likely N-dealkylation sites (tertiary alicyclic amines) is 1. The molecule has 0 aromatic heterocycles. The summed E-state index contributed by atoms with van der Waals surface area (Å²) in [6.07, 6.45) is -3.70. The van der Waals surface area contributed by atoms with E-state index in [1.165, 1.54) is 18.2 Å². The molecule has 2 aliphatic heterocycles. The van der Waals surface area contributed by atoms with Gasteiger partial charge in [-0.2, -0.15) is 13.2 Å². The van der Waals surface area contributed by atoms with Crippen molar-refractivity contribution in [1.29, 1.82) is 0 Å². The van der Waals surface area contributed by atoms with Crippen molar-refractivity contribution < 1.29 is 41.3 Å². The normalized spacial score (nSPS) is 27.6. The maximum atomic E-state index is 13.9. The highest BCUT2D eigenvalue weighted by Crippen LogP contribution is 2.44. The minimum absolute atomic E-state index is 0.101. The summed E-state index contributed by atoms with van der Waals surface area (Å²) in [6.45, 7) is 6.55. The van der Waals surface area contributed by atoms with Gasteiger partial charge in [0.2, 0.25) is 0 Å². The second-order valence-corrected chi connectivity index (χ2v) is 11.8. The molecule has 5 rings (SSSR count). The first-order valence-electron chi connectivity index (χ1n) is 14.4. The van der Waals surface area contributed by atoms with Gasteiger partial charge >= 0.3 is 6.18 Å². The van der Waals surface area contributed by atoms with E-state index in [-0.39, 0.29) is 37.8 Å². The molecule has 1 aliphatic carbocycles. The van der Waals surface area contributed by atoms with Gasteiger partial charge in [0.25, 0.3) is 5.91 Å². The Hall–Kier alpha value is -2.57. The Morgan fingerprint density at radius 3 is 2.48 bits per heavy atom. The Morgan fingerprint density at radius 2 is 1.76 bits per heavy atom. The summed E-state index contributed by atoms with van der Waals surface area (Å²) >= 11 is 0. The van der Waals surface area contributed by atoms with E-state index in [0.717, 1.165) is 43.6 Å². The van der Waals surface area contributed by atoms with Gasteiger partial charge in [-0.05, 0) is 75.2 Å². The fraction of sp³-hybridized carbons (Fsp3) is 0.581. The average Bonchev–Trinajstić information content (AvgIpc) is 3.57. The van der Waals surface area contributed by atoms with Gasteiger partial charge in [-0.25, -0.2) is 4.39 Å². The highest BCUT2D eigenvalue weighted by molar-refractivity contribution is 5.85. The van der Waals surface area contributed by atoms with Crippen molar-refractivity contribution in [3.8, 4) is 0 Å². The maximum Gasteiger partial charge on any atom is 0.416 e. The molecule has 7 nitrogen and oxygen atoms in total. The average molecular weight is 595 g/mol. The Kier molecular flexibility index (Phi) is 9.24. The van der Waals surface area contributed by atoms with Crippen LogP contribution in [0.4, 0.5) is 17.6 Å². The molecule has 2 saturated heterocycles. The molecule has 0 radical (unpaired) electrons. The lowest BCUT2D eigenvalue weighted by molar-refractivity contribution is -0.183. The highest BCUT2D eigenvalue weighted by Gasteiger charge is 2.58. The van der Waals surface area contributed by atoms with Crippen molar-refractivity contribution in [3.05, 3.63) is 71.0 Å². The van der Waals surface area contributed by atoms with Crippen LogP contribution in [0.25, 0.3) is 0 Å². The predicted octanol–water partition coefficient (Wildman–Crippen LogP) is 5.21. The first-order chi connectivity index (χ1) is 19.9. The van der Waals surface area contributed by atoms with Crippen LogP contribution in [0.2, 0.25) is 0 Å². The van der Waals surface area contributed by atoms with Crippen LogP contribution in [0.15, 0.2) is 48.5 Å². The van der Waals surface area contributed by atoms with E-state index >= 15 is 0 Å². The molecule has 11 heteroatoms. The molecule has 1 saturated carbocycles. The summed E-state index contributed by atoms with van der Waals surface area (Å²) in [5.74, 6) is -1.66. The monoisotopic (exact) mass is 594 g/mol. The zero-order chi connectivity index (χ0) is 30.0. The Balaban J connectivity index is 1.38. The number of carbonyl (C=O) groups is 1. The van der Waals surface area contributed by atoms with E-state index < -0.39 is 41.4 Å². The molecule has 0 spiro atoms. The van der Waals surface area contributed by atoms with Gasteiger partial charge in [0, 0.05) is 25.9 Å². The van der Waals surface area contributed by atoms with Crippen LogP contribution in [0.5, 0.6) is 0 Å². The van der Waals surface area contributed by atoms with Crippen molar-refractivity contribution in [2.45, 2.75) is 88.6 Å². The topological polar surface area (TPSA) is 69.3 Å². The molecule has 3 aliphatic rings. The minimum atomic E-state index is -4.50. The van der Waals surface area contributed by atoms with E-state index in [1.54, 1.807) is 32.0 Å². The van der Waals surface area contributed by atoms with Crippen LogP contribution in [0, 0.1) is 5.82 Å². The number of hydrogen-bond donors (Lipinski definition) is 1. The van der Waals surface area contributed by atoms with E-state index in [1.807, 2.05) is 0 Å². The zero-order valence-electron chi connectivity index (χ0n) is 23.9. The van der Waals surface area contributed by atoms with Crippen LogP contribution in [0.1, 0.15) is 56.2 Å². The van der Waals surface area contributed by atoms with Crippen molar-refractivity contribution in [2.75, 3.05) is 26.2 Å². The van der Waals surface area contributed by atoms with Crippen molar-refractivity contribution in [2.24, 2.45) is 0 Å². The summed E-state index contributed by atoms with van der Waals surface area (Å²) in [4.78, 5) is 16.2. The maximum absolute atomic E-state index is 13.9. The smallest absolute Gasteiger partial charge is 0.371 e. The molecular formula is C31H38F4N2O5. The third kappa shape index (κ3) is 7.49.